The van der Waals surface area contributed by atoms with Crippen LogP contribution in [0.5, 0.6) is 5.75 Å². The lowest BCUT2D eigenvalue weighted by Gasteiger charge is -2.06. The van der Waals surface area contributed by atoms with Crippen molar-refractivity contribution in [3.8, 4) is 5.75 Å². The summed E-state index contributed by atoms with van der Waals surface area (Å²) < 4.78 is 6.60. The van der Waals surface area contributed by atoms with E-state index in [0.717, 1.165) is 8.04 Å². The van der Waals surface area contributed by atoms with Gasteiger partial charge in [0.1, 0.15) is 11.3 Å². The number of methoxy groups -OCH3 is 1. The van der Waals surface area contributed by atoms with Gasteiger partial charge in [0.15, 0.2) is 0 Å². The van der Waals surface area contributed by atoms with Crippen LogP contribution in [0.4, 0.5) is 0 Å². The van der Waals surface area contributed by atoms with E-state index in [4.69, 9.17) is 9.84 Å². The number of carboxylic acids is 1. The molecule has 0 atom stereocenters. The lowest BCUT2D eigenvalue weighted by atomic mass is 10.2. The minimum atomic E-state index is -0.984. The van der Waals surface area contributed by atoms with Gasteiger partial charge in [-0.3, -0.25) is 0 Å². The Morgan fingerprint density at radius 3 is 2.69 bits per heavy atom. The molecule has 13 heavy (non-hydrogen) atoms. The molecule has 0 saturated heterocycles. The maximum Gasteiger partial charge on any atom is 0.339 e. The van der Waals surface area contributed by atoms with Crippen molar-refractivity contribution in [2.24, 2.45) is 0 Å². The lowest BCUT2D eigenvalue weighted by molar-refractivity contribution is 0.0693. The summed E-state index contributed by atoms with van der Waals surface area (Å²) in [6.45, 7) is 0. The van der Waals surface area contributed by atoms with Gasteiger partial charge in [0, 0.05) is 8.04 Å². The Morgan fingerprint density at radius 2 is 2.23 bits per heavy atom. The molecule has 0 aromatic heterocycles. The van der Waals surface area contributed by atoms with E-state index in [1.165, 1.54) is 7.11 Å². The highest BCUT2D eigenvalue weighted by molar-refractivity contribution is 14.1. The van der Waals surface area contributed by atoms with Gasteiger partial charge >= 0.3 is 5.97 Å². The SMILES string of the molecule is COc1cc(Br)c(I)cc1C(=O)O. The molecule has 70 valence electrons. The van der Waals surface area contributed by atoms with Crippen LogP contribution in [0.2, 0.25) is 0 Å². The Bertz CT molecular complexity index is 351. The molecule has 0 amide bonds. The highest BCUT2D eigenvalue weighted by Crippen LogP contribution is 2.28. The Kier molecular flexibility index (Phi) is 3.55. The average molecular weight is 357 g/mol. The first-order valence-electron chi connectivity index (χ1n) is 3.32. The summed E-state index contributed by atoms with van der Waals surface area (Å²) in [6, 6.07) is 3.21. The van der Waals surface area contributed by atoms with Crippen LogP contribution in [0.25, 0.3) is 0 Å². The van der Waals surface area contributed by atoms with Gasteiger partial charge in [-0.2, -0.15) is 0 Å². The quantitative estimate of drug-likeness (QED) is 0.829. The van der Waals surface area contributed by atoms with Crippen molar-refractivity contribution in [3.05, 3.63) is 25.7 Å². The molecule has 0 bridgehead atoms. The summed E-state index contributed by atoms with van der Waals surface area (Å²) >= 11 is 5.34. The second-order valence-corrected chi connectivity index (χ2v) is 4.29. The topological polar surface area (TPSA) is 46.5 Å². The zero-order valence-electron chi connectivity index (χ0n) is 6.67. The van der Waals surface area contributed by atoms with Gasteiger partial charge in [0.05, 0.1) is 7.11 Å². The maximum atomic E-state index is 10.7. The van der Waals surface area contributed by atoms with Gasteiger partial charge in [-0.05, 0) is 50.7 Å². The predicted molar refractivity (Wildman–Crippen MR) is 60.4 cm³/mol. The van der Waals surface area contributed by atoms with Crippen molar-refractivity contribution in [2.75, 3.05) is 7.11 Å². The number of halogens is 2. The standard InChI is InChI=1S/C8H6BrIO3/c1-13-7-3-5(9)6(10)2-4(7)8(11)12/h2-3H,1H3,(H,11,12). The predicted octanol–water partition coefficient (Wildman–Crippen LogP) is 2.76. The lowest BCUT2D eigenvalue weighted by Crippen LogP contribution is -2.01. The molecule has 0 aliphatic carbocycles. The van der Waals surface area contributed by atoms with Crippen LogP contribution in [-0.4, -0.2) is 18.2 Å². The normalized spacial score (nSPS) is 9.77. The van der Waals surface area contributed by atoms with Crippen molar-refractivity contribution in [1.82, 2.24) is 0 Å². The minimum Gasteiger partial charge on any atom is -0.496 e. The first-order chi connectivity index (χ1) is 6.06. The third kappa shape index (κ3) is 2.34. The van der Waals surface area contributed by atoms with Gasteiger partial charge in [-0.15, -0.1) is 0 Å². The van der Waals surface area contributed by atoms with Crippen LogP contribution in [0.15, 0.2) is 16.6 Å². The smallest absolute Gasteiger partial charge is 0.339 e. The molecule has 0 spiro atoms. The van der Waals surface area contributed by atoms with Crippen molar-refractivity contribution in [2.45, 2.75) is 0 Å². The number of carboxylic acid groups (broad SMARTS) is 1. The molecule has 3 nitrogen and oxygen atoms in total. The number of rotatable bonds is 2. The van der Waals surface area contributed by atoms with Crippen LogP contribution < -0.4 is 4.74 Å². The fourth-order valence-corrected chi connectivity index (χ4v) is 1.65. The van der Waals surface area contributed by atoms with Crippen molar-refractivity contribution >= 4 is 44.5 Å². The van der Waals surface area contributed by atoms with Crippen LogP contribution >= 0.6 is 38.5 Å². The van der Waals surface area contributed by atoms with Gasteiger partial charge < -0.3 is 9.84 Å². The van der Waals surface area contributed by atoms with Gasteiger partial charge in [-0.25, -0.2) is 4.79 Å². The number of hydrogen-bond donors (Lipinski definition) is 1. The second-order valence-electron chi connectivity index (χ2n) is 2.27. The molecular weight excluding hydrogens is 351 g/mol. The number of benzene rings is 1. The summed E-state index contributed by atoms with van der Waals surface area (Å²) in [4.78, 5) is 10.7. The summed E-state index contributed by atoms with van der Waals surface area (Å²) in [5, 5.41) is 8.81. The van der Waals surface area contributed by atoms with E-state index in [9.17, 15) is 4.79 Å². The van der Waals surface area contributed by atoms with Crippen LogP contribution in [-0.2, 0) is 0 Å². The summed E-state index contributed by atoms with van der Waals surface area (Å²) in [5.74, 6) is -0.623. The van der Waals surface area contributed by atoms with E-state index < -0.39 is 5.97 Å². The fourth-order valence-electron chi connectivity index (χ4n) is 0.865. The molecule has 1 aromatic carbocycles. The van der Waals surface area contributed by atoms with Crippen molar-refractivity contribution in [1.29, 1.82) is 0 Å². The van der Waals surface area contributed by atoms with E-state index in [2.05, 4.69) is 38.5 Å². The van der Waals surface area contributed by atoms with Crippen LogP contribution in [0, 0.1) is 3.57 Å². The van der Waals surface area contributed by atoms with Crippen molar-refractivity contribution in [3.63, 3.8) is 0 Å². The molecule has 0 unspecified atom stereocenters. The number of hydrogen-bond acceptors (Lipinski definition) is 2. The van der Waals surface area contributed by atoms with Gasteiger partial charge in [0.25, 0.3) is 0 Å². The average Bonchev–Trinajstić information content (AvgIpc) is 2.08. The highest BCUT2D eigenvalue weighted by Gasteiger charge is 2.13. The Morgan fingerprint density at radius 1 is 1.62 bits per heavy atom. The van der Waals surface area contributed by atoms with Crippen molar-refractivity contribution < 1.29 is 14.6 Å². The molecule has 0 fully saturated rings. The van der Waals surface area contributed by atoms with E-state index in [-0.39, 0.29) is 5.56 Å². The molecule has 1 aromatic rings. The minimum absolute atomic E-state index is 0.176. The molecule has 0 aliphatic rings. The number of ether oxygens (including phenoxy) is 1. The molecule has 1 rings (SSSR count). The Labute approximate surface area is 97.4 Å². The van der Waals surface area contributed by atoms with E-state index in [0.29, 0.717) is 5.75 Å². The molecule has 0 radical (unpaired) electrons. The zero-order valence-corrected chi connectivity index (χ0v) is 10.4. The fraction of sp³-hybridized carbons (Fsp3) is 0.125. The largest absolute Gasteiger partial charge is 0.496 e. The van der Waals surface area contributed by atoms with Crippen LogP contribution in [0.1, 0.15) is 10.4 Å². The van der Waals surface area contributed by atoms with E-state index in [1.807, 2.05) is 0 Å². The second kappa shape index (κ2) is 4.28. The molecule has 0 saturated carbocycles. The molecule has 5 heteroatoms. The Hall–Kier alpha value is -0.300. The zero-order chi connectivity index (χ0) is 10.0. The molecule has 1 N–H and O–H groups in total. The van der Waals surface area contributed by atoms with Crippen LogP contribution in [0.3, 0.4) is 0 Å². The summed E-state index contributed by atoms with van der Waals surface area (Å²) in [6.07, 6.45) is 0. The third-order valence-electron chi connectivity index (χ3n) is 1.47. The first kappa shape index (κ1) is 10.8. The maximum absolute atomic E-state index is 10.7. The number of carbonyl (C=O) groups is 1. The molecule has 0 aliphatic heterocycles. The Balaban J connectivity index is 3.33. The third-order valence-corrected chi connectivity index (χ3v) is 3.76. The number of aromatic carboxylic acids is 1. The highest BCUT2D eigenvalue weighted by atomic mass is 127. The van der Waals surface area contributed by atoms with E-state index in [1.54, 1.807) is 12.1 Å². The molecule has 0 heterocycles. The van der Waals surface area contributed by atoms with E-state index >= 15 is 0 Å². The van der Waals surface area contributed by atoms with Gasteiger partial charge in [0.2, 0.25) is 0 Å². The monoisotopic (exact) mass is 356 g/mol. The first-order valence-corrected chi connectivity index (χ1v) is 5.19. The molecular formula is C8H6BrIO3. The van der Waals surface area contributed by atoms with Gasteiger partial charge in [-0.1, -0.05) is 0 Å². The summed E-state index contributed by atoms with van der Waals surface area (Å²) in [5.41, 5.74) is 0.176. The summed E-state index contributed by atoms with van der Waals surface area (Å²) in [7, 11) is 1.45.